The normalized spacial score (nSPS) is 10.7. The van der Waals surface area contributed by atoms with Crippen LogP contribution in [0, 0.1) is 13.8 Å². The van der Waals surface area contributed by atoms with E-state index in [0.29, 0.717) is 19.1 Å². The zero-order valence-corrected chi connectivity index (χ0v) is 16.5. The van der Waals surface area contributed by atoms with Crippen LogP contribution in [0.4, 0.5) is 5.69 Å². The second kappa shape index (κ2) is 10.0. The van der Waals surface area contributed by atoms with Crippen LogP contribution in [-0.2, 0) is 0 Å². The first-order chi connectivity index (χ1) is 11.1. The van der Waals surface area contributed by atoms with Crippen molar-refractivity contribution in [3.05, 3.63) is 53.6 Å². The molecule has 0 atom stereocenters. The van der Waals surface area contributed by atoms with E-state index in [4.69, 9.17) is 15.2 Å². The summed E-state index contributed by atoms with van der Waals surface area (Å²) in [6, 6.07) is 13.5. The summed E-state index contributed by atoms with van der Waals surface area (Å²) in [6.45, 7) is 5.06. The van der Waals surface area contributed by atoms with Gasteiger partial charge in [0, 0.05) is 11.8 Å². The van der Waals surface area contributed by atoms with Crippen molar-refractivity contribution in [3.8, 4) is 11.5 Å². The van der Waals surface area contributed by atoms with Gasteiger partial charge in [-0.2, -0.15) is 0 Å². The number of rotatable bonds is 6. The highest BCUT2D eigenvalue weighted by Crippen LogP contribution is 2.18. The fourth-order valence-electron chi connectivity index (χ4n) is 2.03. The second-order valence-electron chi connectivity index (χ2n) is 5.22. The lowest BCUT2D eigenvalue weighted by molar-refractivity contribution is 0.325. The molecule has 0 spiro atoms. The maximum Gasteiger partial charge on any atom is 0.193 e. The van der Waals surface area contributed by atoms with E-state index in [1.54, 1.807) is 7.11 Å². The molecule has 0 aliphatic carbocycles. The Labute approximate surface area is 160 Å². The number of nitrogens with two attached hydrogens (primary N) is 1. The molecular weight excluding hydrogens is 417 g/mol. The van der Waals surface area contributed by atoms with Gasteiger partial charge in [-0.1, -0.05) is 12.1 Å². The molecule has 0 unspecified atom stereocenters. The van der Waals surface area contributed by atoms with Gasteiger partial charge >= 0.3 is 0 Å². The van der Waals surface area contributed by atoms with E-state index in [2.05, 4.69) is 30.2 Å². The van der Waals surface area contributed by atoms with Crippen LogP contribution in [0.3, 0.4) is 0 Å². The number of halogens is 1. The van der Waals surface area contributed by atoms with Gasteiger partial charge in [-0.15, -0.1) is 24.0 Å². The van der Waals surface area contributed by atoms with Crippen LogP contribution in [-0.4, -0.2) is 26.2 Å². The van der Waals surface area contributed by atoms with E-state index >= 15 is 0 Å². The molecule has 0 heterocycles. The Balaban J connectivity index is 0.00000288. The number of anilines is 1. The van der Waals surface area contributed by atoms with Crippen LogP contribution in [0.2, 0.25) is 0 Å². The van der Waals surface area contributed by atoms with Gasteiger partial charge in [0.05, 0.1) is 13.7 Å². The zero-order chi connectivity index (χ0) is 16.7. The standard InChI is InChI=1S/C18H23N3O2.HI/c1-13-7-8-15(11-14(13)2)21-18(19)20-9-10-23-17-6-4-5-16(12-17)22-3;/h4-8,11-12H,9-10H2,1-3H3,(H3,19,20,21);1H. The Kier molecular flexibility index (Phi) is 8.39. The molecule has 0 fully saturated rings. The zero-order valence-electron chi connectivity index (χ0n) is 14.2. The van der Waals surface area contributed by atoms with Gasteiger partial charge in [0.25, 0.3) is 0 Å². The minimum absolute atomic E-state index is 0. The molecule has 0 aliphatic heterocycles. The molecule has 2 aromatic rings. The molecule has 2 aromatic carbocycles. The summed E-state index contributed by atoms with van der Waals surface area (Å²) in [5, 5.41) is 3.08. The number of nitrogens with one attached hydrogen (secondary N) is 1. The van der Waals surface area contributed by atoms with Gasteiger partial charge in [-0.25, -0.2) is 4.99 Å². The minimum Gasteiger partial charge on any atom is -0.497 e. The van der Waals surface area contributed by atoms with Gasteiger partial charge in [0.15, 0.2) is 5.96 Å². The largest absolute Gasteiger partial charge is 0.497 e. The van der Waals surface area contributed by atoms with Crippen molar-refractivity contribution < 1.29 is 9.47 Å². The molecule has 6 heteroatoms. The highest BCUT2D eigenvalue weighted by atomic mass is 127. The maximum absolute atomic E-state index is 5.88. The summed E-state index contributed by atoms with van der Waals surface area (Å²) in [6.07, 6.45) is 0. The number of ether oxygens (including phenoxy) is 2. The molecule has 2 rings (SSSR count). The predicted molar refractivity (Wildman–Crippen MR) is 110 cm³/mol. The van der Waals surface area contributed by atoms with Crippen LogP contribution in [0.5, 0.6) is 11.5 Å². The highest BCUT2D eigenvalue weighted by molar-refractivity contribution is 14.0. The third kappa shape index (κ3) is 6.27. The number of aryl methyl sites for hydroxylation is 2. The molecule has 24 heavy (non-hydrogen) atoms. The first kappa shape index (κ1) is 20.1. The van der Waals surface area contributed by atoms with Crippen LogP contribution in [0.25, 0.3) is 0 Å². The molecule has 0 radical (unpaired) electrons. The smallest absolute Gasteiger partial charge is 0.193 e. The molecule has 0 saturated heterocycles. The molecule has 0 aliphatic rings. The number of nitrogens with zero attached hydrogens (tertiary/aromatic N) is 1. The Hall–Kier alpha value is -1.96. The van der Waals surface area contributed by atoms with E-state index in [1.807, 2.05) is 36.4 Å². The average Bonchev–Trinajstić information content (AvgIpc) is 2.55. The summed E-state index contributed by atoms with van der Waals surface area (Å²) in [5.41, 5.74) is 9.28. The Bertz CT molecular complexity index is 690. The number of benzene rings is 2. The van der Waals surface area contributed by atoms with E-state index in [9.17, 15) is 0 Å². The molecule has 0 aromatic heterocycles. The first-order valence-corrected chi connectivity index (χ1v) is 7.49. The summed E-state index contributed by atoms with van der Waals surface area (Å²) >= 11 is 0. The van der Waals surface area contributed by atoms with Crippen LogP contribution >= 0.6 is 24.0 Å². The lowest BCUT2D eigenvalue weighted by Gasteiger charge is -2.09. The summed E-state index contributed by atoms with van der Waals surface area (Å²) in [4.78, 5) is 4.26. The van der Waals surface area contributed by atoms with Gasteiger partial charge in [-0.05, 0) is 49.2 Å². The van der Waals surface area contributed by atoms with Crippen molar-refractivity contribution in [2.75, 3.05) is 25.6 Å². The quantitative estimate of drug-likeness (QED) is 0.310. The average molecular weight is 441 g/mol. The highest BCUT2D eigenvalue weighted by Gasteiger charge is 1.99. The van der Waals surface area contributed by atoms with Gasteiger partial charge in [-0.3, -0.25) is 0 Å². The van der Waals surface area contributed by atoms with Gasteiger partial charge in [0.1, 0.15) is 18.1 Å². The van der Waals surface area contributed by atoms with Crippen molar-refractivity contribution in [3.63, 3.8) is 0 Å². The molecule has 0 bridgehead atoms. The maximum atomic E-state index is 5.88. The van der Waals surface area contributed by atoms with Crippen LogP contribution in [0.1, 0.15) is 11.1 Å². The number of hydrogen-bond acceptors (Lipinski definition) is 3. The van der Waals surface area contributed by atoms with Crippen molar-refractivity contribution in [2.24, 2.45) is 10.7 Å². The Morgan fingerprint density at radius 2 is 1.83 bits per heavy atom. The Morgan fingerprint density at radius 3 is 2.54 bits per heavy atom. The van der Waals surface area contributed by atoms with E-state index in [1.165, 1.54) is 11.1 Å². The molecular formula is C18H24IN3O2. The SMILES string of the molecule is COc1cccc(OCCN=C(N)Nc2ccc(C)c(C)c2)c1.I. The van der Waals surface area contributed by atoms with E-state index in [-0.39, 0.29) is 24.0 Å². The minimum atomic E-state index is 0. The number of aliphatic imine (C=N–C) groups is 1. The molecule has 0 saturated carbocycles. The second-order valence-corrected chi connectivity index (χ2v) is 5.22. The van der Waals surface area contributed by atoms with E-state index < -0.39 is 0 Å². The molecule has 0 amide bonds. The van der Waals surface area contributed by atoms with Crippen molar-refractivity contribution in [2.45, 2.75) is 13.8 Å². The third-order valence-electron chi connectivity index (χ3n) is 3.46. The number of hydrogen-bond donors (Lipinski definition) is 2. The summed E-state index contributed by atoms with van der Waals surface area (Å²) < 4.78 is 10.8. The summed E-state index contributed by atoms with van der Waals surface area (Å²) in [7, 11) is 1.63. The van der Waals surface area contributed by atoms with Gasteiger partial charge < -0.3 is 20.5 Å². The van der Waals surface area contributed by atoms with Crippen LogP contribution in [0.15, 0.2) is 47.5 Å². The lowest BCUT2D eigenvalue weighted by atomic mass is 10.1. The number of methoxy groups -OCH3 is 1. The lowest BCUT2D eigenvalue weighted by Crippen LogP contribution is -2.23. The van der Waals surface area contributed by atoms with Gasteiger partial charge in [0.2, 0.25) is 0 Å². The van der Waals surface area contributed by atoms with Crippen molar-refractivity contribution in [1.82, 2.24) is 0 Å². The fourth-order valence-corrected chi connectivity index (χ4v) is 2.03. The monoisotopic (exact) mass is 441 g/mol. The third-order valence-corrected chi connectivity index (χ3v) is 3.46. The predicted octanol–water partition coefficient (Wildman–Crippen LogP) is 3.74. The van der Waals surface area contributed by atoms with Crippen molar-refractivity contribution >= 4 is 35.6 Å². The van der Waals surface area contributed by atoms with E-state index in [0.717, 1.165) is 17.2 Å². The summed E-state index contributed by atoms with van der Waals surface area (Å²) in [5.74, 6) is 1.89. The molecule has 5 nitrogen and oxygen atoms in total. The van der Waals surface area contributed by atoms with Crippen molar-refractivity contribution in [1.29, 1.82) is 0 Å². The first-order valence-electron chi connectivity index (χ1n) is 7.49. The topological polar surface area (TPSA) is 68.9 Å². The van der Waals surface area contributed by atoms with Crippen LogP contribution < -0.4 is 20.5 Å². The number of guanidine groups is 1. The Morgan fingerprint density at radius 1 is 1.08 bits per heavy atom. The molecule has 3 N–H and O–H groups in total. The fraction of sp³-hybridized carbons (Fsp3) is 0.278. The molecule has 130 valence electrons.